The molecule has 172 valence electrons. The Morgan fingerprint density at radius 2 is 0.941 bits per heavy atom. The lowest BCUT2D eigenvalue weighted by atomic mass is 10.4. The summed E-state index contributed by atoms with van der Waals surface area (Å²) in [6.07, 6.45) is 4.82. The quantitative estimate of drug-likeness (QED) is 0.291. The smallest absolute Gasteiger partial charge is 0.358 e. The van der Waals surface area contributed by atoms with Crippen molar-refractivity contribution in [2.24, 2.45) is 0 Å². The van der Waals surface area contributed by atoms with Crippen LogP contribution in [0.4, 0.5) is 23.0 Å². The van der Waals surface area contributed by atoms with Gasteiger partial charge in [0.15, 0.2) is 11.6 Å². The highest BCUT2D eigenvalue weighted by Gasteiger charge is 2.15. The Bertz CT molecular complexity index is 1260. The van der Waals surface area contributed by atoms with Crippen molar-refractivity contribution in [3.8, 4) is 11.6 Å². The summed E-state index contributed by atoms with van der Waals surface area (Å²) in [4.78, 5) is 46.7. The Hall–Kier alpha value is -5.68. The summed E-state index contributed by atoms with van der Waals surface area (Å²) in [7, 11) is 0. The third kappa shape index (κ3) is 5.32. The second-order valence-electron chi connectivity index (χ2n) is 6.01. The summed E-state index contributed by atoms with van der Waals surface area (Å²) < 4.78 is 2.34. The normalized spacial score (nSPS) is 10.1. The number of hydrogen-bond donors (Lipinski definition) is 0. The van der Waals surface area contributed by atoms with Gasteiger partial charge in [-0.1, -0.05) is 0 Å². The molecule has 0 unspecified atom stereocenters. The van der Waals surface area contributed by atoms with Crippen molar-refractivity contribution in [2.75, 3.05) is 0 Å². The molecule has 0 saturated heterocycles. The van der Waals surface area contributed by atoms with E-state index in [4.69, 9.17) is 0 Å². The fourth-order valence-electron chi connectivity index (χ4n) is 2.32. The fraction of sp³-hybridized carbons (Fsp3) is 0. The highest BCUT2D eigenvalue weighted by atomic mass is 16.6. The van der Waals surface area contributed by atoms with Crippen molar-refractivity contribution in [3.05, 3.63) is 102 Å². The minimum atomic E-state index is -0.637. The number of nitro groups is 4. The first-order valence-electron chi connectivity index (χ1n) is 8.77. The highest BCUT2D eigenvalue weighted by molar-refractivity contribution is 5.34. The standard InChI is InChI=1S/2C8H5N5O4/c2*14-12(15)6-1-2-7(9-5-6)11-4-3-8(10-11)13(16)17/h2*1-5H. The van der Waals surface area contributed by atoms with E-state index < -0.39 is 19.7 Å². The van der Waals surface area contributed by atoms with Crippen molar-refractivity contribution in [1.82, 2.24) is 29.5 Å². The van der Waals surface area contributed by atoms with E-state index in [2.05, 4.69) is 20.2 Å². The van der Waals surface area contributed by atoms with Crippen molar-refractivity contribution in [1.29, 1.82) is 0 Å². The Kier molecular flexibility index (Phi) is 6.52. The highest BCUT2D eigenvalue weighted by Crippen LogP contribution is 2.15. The van der Waals surface area contributed by atoms with E-state index in [1.54, 1.807) is 0 Å². The third-order valence-corrected chi connectivity index (χ3v) is 3.88. The van der Waals surface area contributed by atoms with Gasteiger partial charge >= 0.3 is 11.6 Å². The minimum Gasteiger partial charge on any atom is -0.358 e. The molecule has 0 aliphatic rings. The molecule has 0 aliphatic heterocycles. The van der Waals surface area contributed by atoms with Crippen LogP contribution in [-0.2, 0) is 0 Å². The average Bonchev–Trinajstić information content (AvgIpc) is 3.50. The zero-order valence-electron chi connectivity index (χ0n) is 16.5. The molecule has 18 heteroatoms. The van der Waals surface area contributed by atoms with E-state index >= 15 is 0 Å². The first-order valence-corrected chi connectivity index (χ1v) is 8.77. The number of hydrogen-bond acceptors (Lipinski definition) is 12. The summed E-state index contributed by atoms with van der Waals surface area (Å²) >= 11 is 0. The van der Waals surface area contributed by atoms with E-state index in [0.717, 1.165) is 12.4 Å². The van der Waals surface area contributed by atoms with Crippen LogP contribution in [0.15, 0.2) is 61.2 Å². The Morgan fingerprint density at radius 1 is 0.559 bits per heavy atom. The molecule has 0 spiro atoms. The third-order valence-electron chi connectivity index (χ3n) is 3.88. The molecule has 0 aromatic carbocycles. The van der Waals surface area contributed by atoms with Crippen LogP contribution in [0.25, 0.3) is 11.6 Å². The Morgan fingerprint density at radius 3 is 1.18 bits per heavy atom. The summed E-state index contributed by atoms with van der Waals surface area (Å²) in [6, 6.07) is 7.63. The Balaban J connectivity index is 0.000000191. The molecule has 0 amide bonds. The molecular formula is C16H10N10O8. The molecule has 0 aliphatic carbocycles. The zero-order valence-corrected chi connectivity index (χ0v) is 16.5. The molecule has 18 nitrogen and oxygen atoms in total. The van der Waals surface area contributed by atoms with Crippen LogP contribution in [0.1, 0.15) is 0 Å². The van der Waals surface area contributed by atoms with Crippen molar-refractivity contribution >= 4 is 23.0 Å². The summed E-state index contributed by atoms with van der Waals surface area (Å²) in [5.74, 6) is -0.0947. The van der Waals surface area contributed by atoms with Crippen molar-refractivity contribution < 1.29 is 19.7 Å². The van der Waals surface area contributed by atoms with Crippen LogP contribution in [0.2, 0.25) is 0 Å². The van der Waals surface area contributed by atoms with Gasteiger partial charge in [0, 0.05) is 12.1 Å². The molecule has 4 heterocycles. The maximum absolute atomic E-state index is 10.4. The summed E-state index contributed by atoms with van der Waals surface area (Å²) in [6.45, 7) is 0. The van der Waals surface area contributed by atoms with Gasteiger partial charge in [-0.05, 0) is 22.0 Å². The van der Waals surface area contributed by atoms with Crippen LogP contribution in [0, 0.1) is 40.5 Å². The number of pyridine rings is 2. The van der Waals surface area contributed by atoms with Gasteiger partial charge in [-0.25, -0.2) is 9.97 Å². The summed E-state index contributed by atoms with van der Waals surface area (Å²) in [5.41, 5.74) is -0.314. The monoisotopic (exact) mass is 470 g/mol. The van der Waals surface area contributed by atoms with Gasteiger partial charge in [-0.3, -0.25) is 20.2 Å². The van der Waals surface area contributed by atoms with Gasteiger partial charge in [-0.15, -0.1) is 9.36 Å². The second-order valence-corrected chi connectivity index (χ2v) is 6.01. The molecule has 0 saturated carbocycles. The van der Waals surface area contributed by atoms with Crippen LogP contribution in [-0.4, -0.2) is 49.2 Å². The van der Waals surface area contributed by atoms with Crippen LogP contribution >= 0.6 is 0 Å². The van der Waals surface area contributed by atoms with Gasteiger partial charge in [0.25, 0.3) is 11.4 Å². The first-order chi connectivity index (χ1) is 16.2. The maximum atomic E-state index is 10.4. The molecule has 0 atom stereocenters. The minimum absolute atomic E-state index is 0.157. The SMILES string of the molecule is O=[N+]([O-])c1ccc(-n2ccc([N+](=O)[O-])n2)nc1.O=[N+]([O-])c1ccc(-n2ccc([N+](=O)[O-])n2)nc1. The van der Waals surface area contributed by atoms with Gasteiger partial charge in [0.1, 0.15) is 12.4 Å². The lowest BCUT2D eigenvalue weighted by Crippen LogP contribution is -1.99. The summed E-state index contributed by atoms with van der Waals surface area (Å²) in [5, 5.41) is 48.9. The van der Waals surface area contributed by atoms with E-state index in [1.807, 2.05) is 0 Å². The van der Waals surface area contributed by atoms with Gasteiger partial charge in [0.2, 0.25) is 0 Å². The van der Waals surface area contributed by atoms with Crippen molar-refractivity contribution in [3.63, 3.8) is 0 Å². The van der Waals surface area contributed by atoms with Gasteiger partial charge < -0.3 is 20.2 Å². The number of nitrogens with zero attached hydrogens (tertiary/aromatic N) is 10. The van der Waals surface area contributed by atoms with Crippen molar-refractivity contribution in [2.45, 2.75) is 0 Å². The van der Waals surface area contributed by atoms with Crippen LogP contribution < -0.4 is 0 Å². The predicted molar refractivity (Wildman–Crippen MR) is 109 cm³/mol. The molecule has 4 aromatic heterocycles. The van der Waals surface area contributed by atoms with Crippen LogP contribution in [0.3, 0.4) is 0 Å². The first kappa shape index (κ1) is 23.0. The number of rotatable bonds is 6. The lowest BCUT2D eigenvalue weighted by molar-refractivity contribution is -0.389. The molecule has 0 radical (unpaired) electrons. The molecule has 0 bridgehead atoms. The Labute approximate surface area is 186 Å². The predicted octanol–water partition coefficient (Wildman–Crippen LogP) is 2.17. The molecule has 34 heavy (non-hydrogen) atoms. The molecule has 0 fully saturated rings. The van der Waals surface area contributed by atoms with E-state index in [1.165, 1.54) is 58.2 Å². The molecule has 4 rings (SSSR count). The average molecular weight is 470 g/mol. The number of aromatic nitrogens is 6. The van der Waals surface area contributed by atoms with E-state index in [9.17, 15) is 40.5 Å². The molecule has 4 aromatic rings. The van der Waals surface area contributed by atoms with E-state index in [-0.39, 0.29) is 34.6 Å². The van der Waals surface area contributed by atoms with Crippen LogP contribution in [0.5, 0.6) is 0 Å². The fourth-order valence-corrected chi connectivity index (χ4v) is 2.32. The lowest BCUT2D eigenvalue weighted by Gasteiger charge is -1.94. The van der Waals surface area contributed by atoms with Gasteiger partial charge in [0.05, 0.1) is 44.6 Å². The largest absolute Gasteiger partial charge is 0.390 e. The topological polar surface area (TPSA) is 234 Å². The zero-order chi connectivity index (χ0) is 24.8. The maximum Gasteiger partial charge on any atom is 0.390 e. The molecular weight excluding hydrogens is 460 g/mol. The second kappa shape index (κ2) is 9.64. The molecule has 0 N–H and O–H groups in total. The van der Waals surface area contributed by atoms with Gasteiger partial charge in [-0.2, -0.15) is 0 Å². The van der Waals surface area contributed by atoms with E-state index in [0.29, 0.717) is 0 Å².